The number of benzene rings is 3. The SMILES string of the molecule is CC[C@H](C)[C@@H]([C@@H](CC(=O)N1CCCC1[C@H](OC)[C@@H](C)C(=O)N[C@H](C)[C@@H](O)c1ccccc1)OC)N(C)C(=O)[C@@H](NC(=O)[C@H](C(C)C)N(C)C(=O)OCc1ccc(NC(=O)[C@H](CCCNC(N)=O)NC(=O)[C@@H](NC(=O)c2ccc(N3C(=O)C=CC3=O)c(N3C(=O)C=CC3=O)c2)C(C)C)cc1)C(C)C. The number of nitrogens with two attached hydrogens (primary N) is 1. The summed E-state index contributed by atoms with van der Waals surface area (Å²) in [6, 6.07) is 11.5. The average molecular weight is 1420 g/mol. The van der Waals surface area contributed by atoms with E-state index in [9.17, 15) is 67.4 Å². The van der Waals surface area contributed by atoms with Crippen molar-refractivity contribution in [1.29, 1.82) is 0 Å². The van der Waals surface area contributed by atoms with E-state index < -0.39 is 150 Å². The number of aliphatic hydroxyl groups excluding tert-OH is 1. The number of amides is 14. The molecule has 0 saturated carbocycles. The molecular weight excluding hydrogens is 1320 g/mol. The van der Waals surface area contributed by atoms with Crippen molar-refractivity contribution in [3.63, 3.8) is 0 Å². The maximum Gasteiger partial charge on any atom is 0.410 e. The Balaban J connectivity index is 1.07. The van der Waals surface area contributed by atoms with Crippen molar-refractivity contribution in [2.45, 2.75) is 175 Å². The quantitative estimate of drug-likeness (QED) is 0.0290. The second kappa shape index (κ2) is 37.2. The fourth-order valence-corrected chi connectivity index (χ4v) is 13.0. The number of aliphatic hydroxyl groups is 1. The molecule has 3 aliphatic rings. The van der Waals surface area contributed by atoms with Crippen molar-refractivity contribution in [3.05, 3.63) is 114 Å². The van der Waals surface area contributed by atoms with Crippen molar-refractivity contribution in [2.24, 2.45) is 35.3 Å². The summed E-state index contributed by atoms with van der Waals surface area (Å²) < 4.78 is 17.8. The molecule has 554 valence electrons. The number of nitrogens with one attached hydrogen (secondary N) is 6. The summed E-state index contributed by atoms with van der Waals surface area (Å²) >= 11 is 0. The van der Waals surface area contributed by atoms with Crippen LogP contribution in [-0.4, -0.2) is 193 Å². The normalized spacial score (nSPS) is 17.6. The first-order valence-electron chi connectivity index (χ1n) is 34.4. The predicted molar refractivity (Wildman–Crippen MR) is 378 cm³/mol. The van der Waals surface area contributed by atoms with Gasteiger partial charge in [0.1, 0.15) is 30.8 Å². The van der Waals surface area contributed by atoms with Gasteiger partial charge in [0.15, 0.2) is 0 Å². The number of likely N-dealkylation sites (N-methyl/N-ethyl adjacent to an activating group) is 2. The van der Waals surface area contributed by atoms with Crippen LogP contribution in [0.5, 0.6) is 0 Å². The van der Waals surface area contributed by atoms with Gasteiger partial charge in [0, 0.05) is 77.0 Å². The molecule has 1 unspecified atom stereocenters. The molecule has 14 amide bonds. The summed E-state index contributed by atoms with van der Waals surface area (Å²) in [7, 11) is 6.02. The highest BCUT2D eigenvalue weighted by molar-refractivity contribution is 6.33. The molecule has 6 rings (SSSR count). The van der Waals surface area contributed by atoms with Crippen LogP contribution in [0.2, 0.25) is 0 Å². The molecule has 3 aromatic carbocycles. The number of primary amides is 1. The molecular formula is C73H100N12O17. The van der Waals surface area contributed by atoms with Crippen molar-refractivity contribution in [1.82, 2.24) is 41.3 Å². The van der Waals surface area contributed by atoms with E-state index in [4.69, 9.17) is 19.9 Å². The zero-order valence-corrected chi connectivity index (χ0v) is 60.6. The third-order valence-electron chi connectivity index (χ3n) is 18.8. The molecule has 1 fully saturated rings. The number of likely N-dealkylation sites (tertiary alicyclic amines) is 1. The molecule has 29 nitrogen and oxygen atoms in total. The number of ether oxygens (including phenoxy) is 3. The van der Waals surface area contributed by atoms with Gasteiger partial charge in [-0.25, -0.2) is 19.4 Å². The standard InChI is InChI=1S/C73H100N12O17/c1-15-43(8)63(54(100-13)38-59(90)83-36-20-24-52(83)65(101-14)44(9)66(92)76-45(10)64(91)47-21-17-16-18-22-47)81(11)71(97)61(41(4)5)80-70(96)62(42(6)7)82(12)73(99)102-39-46-25-28-49(29-26-46)77-68(94)50(23-19-35-75-72(74)98)78-69(95)60(40(2)3)79-67(93)48-27-30-51(84-55(86)31-32-56(84)87)53(37-48)85-57(88)33-34-58(85)89/h16-18,21-22,25-34,37,40-45,50,52,54,60-65,91H,15,19-20,23-24,35-36,38-39H2,1-14H3,(H,76,92)(H,77,94)(H,78,95)(H,79,93)(H,80,96)(H3,74,75,98)/t43-,44+,45+,50-,52?,54+,60-,61-,62-,63-,64+,65+/m0/s1. The Kier molecular flexibility index (Phi) is 29.6. The van der Waals surface area contributed by atoms with Gasteiger partial charge < -0.3 is 66.8 Å². The summed E-state index contributed by atoms with van der Waals surface area (Å²) in [4.78, 5) is 182. The molecule has 9 N–H and O–H groups in total. The van der Waals surface area contributed by atoms with Crippen molar-refractivity contribution in [3.8, 4) is 0 Å². The monoisotopic (exact) mass is 1420 g/mol. The number of urea groups is 1. The van der Waals surface area contributed by atoms with Crippen LogP contribution >= 0.6 is 0 Å². The number of carbonyl (C=O) groups excluding carboxylic acids is 13. The van der Waals surface area contributed by atoms with Crippen LogP contribution in [0.4, 0.5) is 26.7 Å². The van der Waals surface area contributed by atoms with Crippen LogP contribution in [0, 0.1) is 29.6 Å². The first-order valence-corrected chi connectivity index (χ1v) is 34.4. The molecule has 3 aliphatic heterocycles. The maximum atomic E-state index is 14.9. The number of hydrogen-bond acceptors (Lipinski definition) is 17. The van der Waals surface area contributed by atoms with E-state index in [1.807, 2.05) is 32.0 Å². The lowest BCUT2D eigenvalue weighted by Crippen LogP contribution is -2.60. The molecule has 0 aromatic heterocycles. The molecule has 1 saturated heterocycles. The van der Waals surface area contributed by atoms with Crippen LogP contribution in [0.25, 0.3) is 0 Å². The minimum atomic E-state index is -1.29. The zero-order chi connectivity index (χ0) is 75.6. The van der Waals surface area contributed by atoms with Crippen molar-refractivity contribution < 1.29 is 81.6 Å². The van der Waals surface area contributed by atoms with E-state index >= 15 is 0 Å². The first-order chi connectivity index (χ1) is 48.3. The minimum Gasteiger partial charge on any atom is -0.445 e. The predicted octanol–water partition coefficient (Wildman–Crippen LogP) is 4.76. The van der Waals surface area contributed by atoms with E-state index in [2.05, 4.69) is 31.9 Å². The summed E-state index contributed by atoms with van der Waals surface area (Å²) in [6.07, 6.45) is 2.57. The molecule has 12 atom stereocenters. The summed E-state index contributed by atoms with van der Waals surface area (Å²) in [5, 5.41) is 27.4. The van der Waals surface area contributed by atoms with E-state index in [1.54, 1.807) is 91.6 Å². The Morgan fingerprint density at radius 1 is 0.667 bits per heavy atom. The molecule has 3 aromatic rings. The van der Waals surface area contributed by atoms with Crippen LogP contribution in [0.3, 0.4) is 0 Å². The molecule has 0 spiro atoms. The average Bonchev–Trinajstić information content (AvgIpc) is 1.54. The Labute approximate surface area is 595 Å². The molecule has 102 heavy (non-hydrogen) atoms. The summed E-state index contributed by atoms with van der Waals surface area (Å²) in [6.45, 7) is 17.9. The van der Waals surface area contributed by atoms with Crippen molar-refractivity contribution >= 4 is 94.2 Å². The number of imide groups is 2. The minimum absolute atomic E-state index is 0.0250. The van der Waals surface area contributed by atoms with Gasteiger partial charge in [-0.15, -0.1) is 0 Å². The summed E-state index contributed by atoms with van der Waals surface area (Å²) in [5.74, 6) is -9.48. The Hall–Kier alpha value is -9.87. The fourth-order valence-electron chi connectivity index (χ4n) is 13.0. The lowest BCUT2D eigenvalue weighted by atomic mass is 9.89. The van der Waals surface area contributed by atoms with E-state index in [-0.39, 0.29) is 72.8 Å². The third kappa shape index (κ3) is 20.4. The Morgan fingerprint density at radius 2 is 1.26 bits per heavy atom. The highest BCUT2D eigenvalue weighted by atomic mass is 16.6. The van der Waals surface area contributed by atoms with E-state index in [0.29, 0.717) is 41.8 Å². The molecule has 29 heteroatoms. The van der Waals surface area contributed by atoms with Crippen LogP contribution in [0.1, 0.15) is 135 Å². The second-order valence-electron chi connectivity index (χ2n) is 27.1. The Bertz CT molecular complexity index is 3570. The van der Waals surface area contributed by atoms with Crippen LogP contribution in [0.15, 0.2) is 97.1 Å². The number of anilines is 3. The van der Waals surface area contributed by atoms with E-state index in [1.165, 1.54) is 50.4 Å². The lowest BCUT2D eigenvalue weighted by molar-refractivity contribution is -0.148. The van der Waals surface area contributed by atoms with Crippen LogP contribution in [-0.2, 0) is 68.8 Å². The van der Waals surface area contributed by atoms with E-state index in [0.717, 1.165) is 40.2 Å². The number of hydrogen-bond donors (Lipinski definition) is 8. The highest BCUT2D eigenvalue weighted by Gasteiger charge is 2.45. The number of methoxy groups -OCH3 is 2. The first kappa shape index (κ1) is 81.1. The smallest absolute Gasteiger partial charge is 0.410 e. The molecule has 3 heterocycles. The van der Waals surface area contributed by atoms with Gasteiger partial charge in [0.2, 0.25) is 35.4 Å². The number of rotatable bonds is 35. The molecule has 0 aliphatic carbocycles. The largest absolute Gasteiger partial charge is 0.445 e. The molecule has 0 radical (unpaired) electrons. The van der Waals surface area contributed by atoms with Crippen LogP contribution < -0.4 is 47.4 Å². The van der Waals surface area contributed by atoms with Crippen molar-refractivity contribution in [2.75, 3.05) is 56.5 Å². The van der Waals surface area contributed by atoms with Gasteiger partial charge in [0.25, 0.3) is 29.5 Å². The second-order valence-corrected chi connectivity index (χ2v) is 27.1. The highest BCUT2D eigenvalue weighted by Crippen LogP contribution is 2.36. The maximum absolute atomic E-state index is 14.9. The lowest BCUT2D eigenvalue weighted by Gasteiger charge is -2.41. The number of nitrogens with zero attached hydrogens (tertiary/aromatic N) is 5. The van der Waals surface area contributed by atoms with Gasteiger partial charge in [-0.05, 0) is 97.7 Å². The Morgan fingerprint density at radius 3 is 1.81 bits per heavy atom. The zero-order valence-electron chi connectivity index (χ0n) is 60.6. The topological polar surface area (TPSA) is 384 Å². The van der Waals surface area contributed by atoms with Gasteiger partial charge in [0.05, 0.1) is 60.2 Å². The summed E-state index contributed by atoms with van der Waals surface area (Å²) in [5.41, 5.74) is 6.11. The third-order valence-corrected chi connectivity index (χ3v) is 18.8. The molecule has 0 bridgehead atoms. The van der Waals surface area contributed by atoms with Gasteiger partial charge in [-0.1, -0.05) is 111 Å². The van der Waals surface area contributed by atoms with Gasteiger partial charge in [-0.3, -0.25) is 57.6 Å². The van der Waals surface area contributed by atoms with Gasteiger partial charge in [-0.2, -0.15) is 0 Å². The van der Waals surface area contributed by atoms with Gasteiger partial charge >= 0.3 is 12.1 Å². The fraction of sp³-hybridized carbons (Fsp3) is 0.521. The number of carbonyl (C=O) groups is 13.